The Labute approximate surface area is 136 Å². The molecule has 0 aliphatic rings. The summed E-state index contributed by atoms with van der Waals surface area (Å²) in [6.07, 6.45) is 0.746. The van der Waals surface area contributed by atoms with Gasteiger partial charge in [-0.2, -0.15) is 0 Å². The van der Waals surface area contributed by atoms with Crippen molar-refractivity contribution in [3.8, 4) is 0 Å². The molecule has 2 aromatic rings. The molecule has 2 aromatic carbocycles. The first kappa shape index (κ1) is 16.5. The number of carbonyl (C=O) groups is 1. The van der Waals surface area contributed by atoms with E-state index in [1.54, 1.807) is 31.4 Å². The summed E-state index contributed by atoms with van der Waals surface area (Å²) in [5.41, 5.74) is 0.968. The summed E-state index contributed by atoms with van der Waals surface area (Å²) in [5, 5.41) is 3.38. The minimum absolute atomic E-state index is 0.198. The van der Waals surface area contributed by atoms with Gasteiger partial charge in [0.05, 0.1) is 17.1 Å². The van der Waals surface area contributed by atoms with Gasteiger partial charge in [0.25, 0.3) is 5.91 Å². The number of ether oxygens (including phenoxy) is 1. The maximum Gasteiger partial charge on any atom is 0.252 e. The van der Waals surface area contributed by atoms with Crippen LogP contribution in [0.2, 0.25) is 5.02 Å². The van der Waals surface area contributed by atoms with Gasteiger partial charge in [-0.15, -0.1) is 0 Å². The van der Waals surface area contributed by atoms with Crippen molar-refractivity contribution in [3.63, 3.8) is 0 Å². The molecule has 1 unspecified atom stereocenters. The molecule has 0 heterocycles. The molecule has 2 rings (SSSR count). The molecule has 0 aliphatic heterocycles. The zero-order chi connectivity index (χ0) is 16.0. The smallest absolute Gasteiger partial charge is 0.252 e. The fraction of sp³-hybridized carbons (Fsp3) is 0.278. The van der Waals surface area contributed by atoms with Gasteiger partial charge in [-0.3, -0.25) is 4.79 Å². The molecule has 0 fully saturated rings. The number of hydrogen-bond acceptors (Lipinski definition) is 2. The quantitative estimate of drug-likeness (QED) is 0.873. The van der Waals surface area contributed by atoms with Gasteiger partial charge in [0.2, 0.25) is 0 Å². The first-order chi connectivity index (χ1) is 10.6. The second kappa shape index (κ2) is 7.43. The molecule has 0 saturated heterocycles. The average molecular weight is 318 g/mol. The van der Waals surface area contributed by atoms with E-state index in [2.05, 4.69) is 5.32 Å². The molecule has 0 spiro atoms. The lowest BCUT2D eigenvalue weighted by Gasteiger charge is -2.32. The highest BCUT2D eigenvalue weighted by Crippen LogP contribution is 2.28. The third-order valence-electron chi connectivity index (χ3n) is 3.91. The van der Waals surface area contributed by atoms with Gasteiger partial charge in [0, 0.05) is 7.11 Å². The van der Waals surface area contributed by atoms with Crippen LogP contribution in [0.25, 0.3) is 0 Å². The number of hydrogen-bond donors (Lipinski definition) is 1. The average Bonchev–Trinajstić information content (AvgIpc) is 2.57. The predicted molar refractivity (Wildman–Crippen MR) is 89.2 cm³/mol. The van der Waals surface area contributed by atoms with Crippen molar-refractivity contribution in [2.75, 3.05) is 13.7 Å². The Balaban J connectivity index is 2.16. The van der Waals surface area contributed by atoms with Crippen molar-refractivity contribution in [3.05, 3.63) is 70.7 Å². The Morgan fingerprint density at radius 1 is 1.14 bits per heavy atom. The minimum atomic E-state index is -0.543. The number of rotatable bonds is 6. The predicted octanol–water partition coefficient (Wildman–Crippen LogP) is 4.02. The molecule has 116 valence electrons. The summed E-state index contributed by atoms with van der Waals surface area (Å²) in [5.74, 6) is -0.198. The highest BCUT2D eigenvalue weighted by atomic mass is 35.5. The molecule has 0 aliphatic carbocycles. The van der Waals surface area contributed by atoms with Crippen LogP contribution in [-0.2, 0) is 10.3 Å². The normalized spacial score (nSPS) is 13.4. The highest BCUT2D eigenvalue weighted by molar-refractivity contribution is 6.33. The summed E-state index contributed by atoms with van der Waals surface area (Å²) in [6, 6.07) is 16.9. The highest BCUT2D eigenvalue weighted by Gasteiger charge is 2.30. The van der Waals surface area contributed by atoms with E-state index in [1.165, 1.54) is 0 Å². The lowest BCUT2D eigenvalue weighted by molar-refractivity contribution is -0.0164. The van der Waals surface area contributed by atoms with E-state index in [4.69, 9.17) is 16.3 Å². The monoisotopic (exact) mass is 317 g/mol. The van der Waals surface area contributed by atoms with Gasteiger partial charge < -0.3 is 10.1 Å². The van der Waals surface area contributed by atoms with Gasteiger partial charge in [0.15, 0.2) is 0 Å². The van der Waals surface area contributed by atoms with Crippen LogP contribution in [-0.4, -0.2) is 19.6 Å². The summed E-state index contributed by atoms with van der Waals surface area (Å²) >= 11 is 6.06. The number of nitrogens with one attached hydrogen (secondary N) is 1. The molecule has 1 N–H and O–H groups in total. The third-order valence-corrected chi connectivity index (χ3v) is 4.24. The van der Waals surface area contributed by atoms with E-state index in [-0.39, 0.29) is 5.91 Å². The fourth-order valence-electron chi connectivity index (χ4n) is 2.47. The summed E-state index contributed by atoms with van der Waals surface area (Å²) in [4.78, 5) is 12.3. The number of halogens is 1. The standard InChI is InChI=1S/C18H20ClNO2/c1-3-18(22-2,14-9-5-4-6-10-14)13-20-17(21)15-11-7-8-12-16(15)19/h4-12H,3,13H2,1-2H3,(H,20,21). The fourth-order valence-corrected chi connectivity index (χ4v) is 2.69. The molecule has 0 bridgehead atoms. The molecule has 4 heteroatoms. The molecule has 0 radical (unpaired) electrons. The van der Waals surface area contributed by atoms with Crippen LogP contribution in [0.1, 0.15) is 29.3 Å². The Bertz CT molecular complexity index is 624. The Kier molecular flexibility index (Phi) is 5.58. The van der Waals surface area contributed by atoms with Crippen LogP contribution in [0, 0.1) is 0 Å². The van der Waals surface area contributed by atoms with E-state index >= 15 is 0 Å². The van der Waals surface area contributed by atoms with Gasteiger partial charge >= 0.3 is 0 Å². The zero-order valence-electron chi connectivity index (χ0n) is 12.8. The third kappa shape index (κ3) is 3.49. The molecule has 0 aromatic heterocycles. The molecule has 1 atom stereocenters. The van der Waals surface area contributed by atoms with Crippen molar-refractivity contribution < 1.29 is 9.53 Å². The SMILES string of the molecule is CCC(CNC(=O)c1ccccc1Cl)(OC)c1ccccc1. The van der Waals surface area contributed by atoms with E-state index in [9.17, 15) is 4.79 Å². The van der Waals surface area contributed by atoms with Crippen molar-refractivity contribution in [1.82, 2.24) is 5.32 Å². The van der Waals surface area contributed by atoms with Crippen molar-refractivity contribution in [2.24, 2.45) is 0 Å². The van der Waals surface area contributed by atoms with Gasteiger partial charge in [-0.25, -0.2) is 0 Å². The molecular weight excluding hydrogens is 298 g/mol. The Morgan fingerprint density at radius 2 is 1.77 bits per heavy atom. The van der Waals surface area contributed by atoms with E-state index < -0.39 is 5.60 Å². The van der Waals surface area contributed by atoms with E-state index in [0.717, 1.165) is 12.0 Å². The van der Waals surface area contributed by atoms with Crippen LogP contribution >= 0.6 is 11.6 Å². The van der Waals surface area contributed by atoms with Gasteiger partial charge in [-0.1, -0.05) is 61.0 Å². The summed E-state index contributed by atoms with van der Waals surface area (Å²) in [7, 11) is 1.66. The maximum absolute atomic E-state index is 12.3. The molecule has 1 amide bonds. The number of benzene rings is 2. The summed E-state index contributed by atoms with van der Waals surface area (Å²) < 4.78 is 5.74. The Morgan fingerprint density at radius 3 is 2.36 bits per heavy atom. The van der Waals surface area contributed by atoms with E-state index in [1.807, 2.05) is 37.3 Å². The lowest BCUT2D eigenvalue weighted by atomic mass is 9.90. The molecule has 0 saturated carbocycles. The summed E-state index contributed by atoms with van der Waals surface area (Å²) in [6.45, 7) is 2.42. The van der Waals surface area contributed by atoms with Crippen LogP contribution in [0.3, 0.4) is 0 Å². The van der Waals surface area contributed by atoms with Gasteiger partial charge in [-0.05, 0) is 24.1 Å². The van der Waals surface area contributed by atoms with Gasteiger partial charge in [0.1, 0.15) is 5.60 Å². The molecular formula is C18H20ClNO2. The van der Waals surface area contributed by atoms with Crippen molar-refractivity contribution in [1.29, 1.82) is 0 Å². The number of carbonyl (C=O) groups excluding carboxylic acids is 1. The maximum atomic E-state index is 12.3. The lowest BCUT2D eigenvalue weighted by Crippen LogP contribution is -2.42. The van der Waals surface area contributed by atoms with Crippen LogP contribution in [0.5, 0.6) is 0 Å². The van der Waals surface area contributed by atoms with Crippen molar-refractivity contribution in [2.45, 2.75) is 18.9 Å². The first-order valence-electron chi connectivity index (χ1n) is 7.26. The Hall–Kier alpha value is -1.84. The first-order valence-corrected chi connectivity index (χ1v) is 7.64. The second-order valence-corrected chi connectivity index (χ2v) is 5.49. The zero-order valence-corrected chi connectivity index (χ0v) is 13.6. The number of methoxy groups -OCH3 is 1. The second-order valence-electron chi connectivity index (χ2n) is 5.08. The topological polar surface area (TPSA) is 38.3 Å². The largest absolute Gasteiger partial charge is 0.372 e. The van der Waals surface area contributed by atoms with E-state index in [0.29, 0.717) is 17.1 Å². The molecule has 22 heavy (non-hydrogen) atoms. The molecule has 3 nitrogen and oxygen atoms in total. The van der Waals surface area contributed by atoms with Crippen LogP contribution < -0.4 is 5.32 Å². The van der Waals surface area contributed by atoms with Crippen molar-refractivity contribution >= 4 is 17.5 Å². The minimum Gasteiger partial charge on any atom is -0.372 e. The van der Waals surface area contributed by atoms with Crippen LogP contribution in [0.15, 0.2) is 54.6 Å². The van der Waals surface area contributed by atoms with Crippen LogP contribution in [0.4, 0.5) is 0 Å². The number of amides is 1.